The number of rotatable bonds is 2. The van der Waals surface area contributed by atoms with E-state index in [1.807, 2.05) is 0 Å². The Bertz CT molecular complexity index is 244. The first-order chi connectivity index (χ1) is 8.45. The minimum absolute atomic E-state index is 0.428. The molecule has 2 rings (SSSR count). The molecular formula is C16H32N2. The van der Waals surface area contributed by atoms with Crippen LogP contribution >= 0.6 is 0 Å². The summed E-state index contributed by atoms with van der Waals surface area (Å²) in [6.07, 6.45) is 7.75. The first kappa shape index (κ1) is 14.3. The van der Waals surface area contributed by atoms with Gasteiger partial charge in [0.15, 0.2) is 0 Å². The minimum Gasteiger partial charge on any atom is -0.328 e. The van der Waals surface area contributed by atoms with Crippen LogP contribution in [-0.2, 0) is 0 Å². The highest BCUT2D eigenvalue weighted by molar-refractivity contribution is 4.89. The van der Waals surface area contributed by atoms with Crippen LogP contribution in [0.15, 0.2) is 0 Å². The predicted octanol–water partition coefficient (Wildman–Crippen LogP) is 3.15. The van der Waals surface area contributed by atoms with Crippen molar-refractivity contribution in [2.24, 2.45) is 41.1 Å². The Kier molecular flexibility index (Phi) is 4.71. The van der Waals surface area contributed by atoms with Gasteiger partial charge in [-0.15, -0.1) is 0 Å². The Hall–Kier alpha value is -0.0800. The molecule has 2 saturated carbocycles. The normalized spacial score (nSPS) is 50.2. The molecule has 7 atom stereocenters. The third-order valence-corrected chi connectivity index (χ3v) is 5.41. The SMILES string of the molecule is C[C@@H]1C[C@H](N)C[C@@H](C[C@H]2[C@H](N)C[C@@H](C)C[C@@H]2C)C1. The first-order valence-corrected chi connectivity index (χ1v) is 7.96. The summed E-state index contributed by atoms with van der Waals surface area (Å²) in [6.45, 7) is 7.12. The first-order valence-electron chi connectivity index (χ1n) is 7.96. The molecule has 2 aliphatic rings. The molecule has 2 nitrogen and oxygen atoms in total. The van der Waals surface area contributed by atoms with Gasteiger partial charge in [-0.2, -0.15) is 0 Å². The van der Waals surface area contributed by atoms with Crippen molar-refractivity contribution < 1.29 is 0 Å². The second kappa shape index (κ2) is 5.92. The van der Waals surface area contributed by atoms with Crippen molar-refractivity contribution in [1.29, 1.82) is 0 Å². The van der Waals surface area contributed by atoms with E-state index in [4.69, 9.17) is 11.5 Å². The Morgan fingerprint density at radius 3 is 2.11 bits per heavy atom. The van der Waals surface area contributed by atoms with E-state index in [1.54, 1.807) is 0 Å². The van der Waals surface area contributed by atoms with Gasteiger partial charge >= 0.3 is 0 Å². The maximum atomic E-state index is 6.42. The Morgan fingerprint density at radius 2 is 1.50 bits per heavy atom. The van der Waals surface area contributed by atoms with E-state index >= 15 is 0 Å². The molecule has 0 aromatic rings. The lowest BCUT2D eigenvalue weighted by Crippen LogP contribution is -2.43. The van der Waals surface area contributed by atoms with Crippen LogP contribution in [0.5, 0.6) is 0 Å². The Labute approximate surface area is 113 Å². The van der Waals surface area contributed by atoms with E-state index in [9.17, 15) is 0 Å². The van der Waals surface area contributed by atoms with Crippen LogP contribution in [0.1, 0.15) is 59.3 Å². The van der Waals surface area contributed by atoms with Gasteiger partial charge in [0, 0.05) is 12.1 Å². The fraction of sp³-hybridized carbons (Fsp3) is 1.00. The molecule has 0 saturated heterocycles. The second-order valence-corrected chi connectivity index (χ2v) is 7.56. The van der Waals surface area contributed by atoms with Gasteiger partial charge in [0.2, 0.25) is 0 Å². The predicted molar refractivity (Wildman–Crippen MR) is 78.1 cm³/mol. The summed E-state index contributed by atoms with van der Waals surface area (Å²) in [5.74, 6) is 4.00. The fourth-order valence-corrected chi connectivity index (χ4v) is 4.75. The van der Waals surface area contributed by atoms with Crippen LogP contribution in [-0.4, -0.2) is 12.1 Å². The van der Waals surface area contributed by atoms with Crippen LogP contribution < -0.4 is 11.5 Å². The van der Waals surface area contributed by atoms with Gasteiger partial charge in [-0.05, 0) is 68.1 Å². The van der Waals surface area contributed by atoms with Gasteiger partial charge in [0.1, 0.15) is 0 Å². The highest BCUT2D eigenvalue weighted by atomic mass is 14.7. The number of nitrogens with two attached hydrogens (primary N) is 2. The van der Waals surface area contributed by atoms with Gasteiger partial charge in [0.05, 0.1) is 0 Å². The van der Waals surface area contributed by atoms with Crippen molar-refractivity contribution in [2.45, 2.75) is 71.4 Å². The standard InChI is InChI=1S/C16H32N2/c1-10-4-12(3)15(16(18)7-10)9-13-5-11(2)6-14(17)8-13/h10-16H,4-9,17-18H2,1-3H3/t10-,11-,12-,13-,14-,15+,16+/m0/s1. The van der Waals surface area contributed by atoms with Gasteiger partial charge < -0.3 is 11.5 Å². The number of hydrogen-bond donors (Lipinski definition) is 2. The molecule has 0 amide bonds. The van der Waals surface area contributed by atoms with Crippen molar-refractivity contribution in [1.82, 2.24) is 0 Å². The molecule has 0 aromatic heterocycles. The molecule has 0 spiro atoms. The summed E-state index contributed by atoms with van der Waals surface area (Å²) < 4.78 is 0. The fourth-order valence-electron chi connectivity index (χ4n) is 4.75. The third kappa shape index (κ3) is 3.48. The van der Waals surface area contributed by atoms with Crippen LogP contribution in [0.25, 0.3) is 0 Å². The molecule has 4 N–H and O–H groups in total. The summed E-state index contributed by atoms with van der Waals surface area (Å²) >= 11 is 0. The summed E-state index contributed by atoms with van der Waals surface area (Å²) in [5, 5.41) is 0. The average Bonchev–Trinajstić information content (AvgIpc) is 2.22. The van der Waals surface area contributed by atoms with E-state index in [-0.39, 0.29) is 0 Å². The molecule has 0 aromatic carbocycles. The monoisotopic (exact) mass is 252 g/mol. The minimum atomic E-state index is 0.428. The third-order valence-electron chi connectivity index (χ3n) is 5.41. The van der Waals surface area contributed by atoms with E-state index in [0.29, 0.717) is 12.1 Å². The quantitative estimate of drug-likeness (QED) is 0.793. The number of hydrogen-bond acceptors (Lipinski definition) is 2. The van der Waals surface area contributed by atoms with Crippen molar-refractivity contribution >= 4 is 0 Å². The zero-order valence-corrected chi connectivity index (χ0v) is 12.4. The van der Waals surface area contributed by atoms with Crippen molar-refractivity contribution in [3.8, 4) is 0 Å². The zero-order chi connectivity index (χ0) is 13.3. The highest BCUT2D eigenvalue weighted by Gasteiger charge is 2.35. The van der Waals surface area contributed by atoms with Crippen LogP contribution in [0.4, 0.5) is 0 Å². The van der Waals surface area contributed by atoms with E-state index < -0.39 is 0 Å². The molecule has 0 unspecified atom stereocenters. The molecule has 106 valence electrons. The smallest absolute Gasteiger partial charge is 0.00723 e. The molecule has 0 aliphatic heterocycles. The lowest BCUT2D eigenvalue weighted by atomic mass is 9.67. The van der Waals surface area contributed by atoms with Gasteiger partial charge in [0.25, 0.3) is 0 Å². The van der Waals surface area contributed by atoms with Crippen LogP contribution in [0.3, 0.4) is 0 Å². The van der Waals surface area contributed by atoms with Gasteiger partial charge in [-0.25, -0.2) is 0 Å². The second-order valence-electron chi connectivity index (χ2n) is 7.56. The molecule has 2 heteroatoms. The van der Waals surface area contributed by atoms with Gasteiger partial charge in [-0.1, -0.05) is 20.8 Å². The summed E-state index contributed by atoms with van der Waals surface area (Å²) in [7, 11) is 0. The summed E-state index contributed by atoms with van der Waals surface area (Å²) in [4.78, 5) is 0. The average molecular weight is 252 g/mol. The molecule has 0 radical (unpaired) electrons. The molecule has 0 bridgehead atoms. The van der Waals surface area contributed by atoms with E-state index in [0.717, 1.165) is 29.6 Å². The van der Waals surface area contributed by atoms with Crippen LogP contribution in [0.2, 0.25) is 0 Å². The van der Waals surface area contributed by atoms with Crippen molar-refractivity contribution in [2.75, 3.05) is 0 Å². The van der Waals surface area contributed by atoms with E-state index in [1.165, 1.54) is 38.5 Å². The molecule has 18 heavy (non-hydrogen) atoms. The highest BCUT2D eigenvalue weighted by Crippen LogP contribution is 2.40. The van der Waals surface area contributed by atoms with Crippen molar-refractivity contribution in [3.63, 3.8) is 0 Å². The Balaban J connectivity index is 1.91. The lowest BCUT2D eigenvalue weighted by Gasteiger charge is -2.41. The summed E-state index contributed by atoms with van der Waals surface area (Å²) in [6, 6.07) is 0.866. The Morgan fingerprint density at radius 1 is 0.833 bits per heavy atom. The molecule has 2 fully saturated rings. The van der Waals surface area contributed by atoms with Gasteiger partial charge in [-0.3, -0.25) is 0 Å². The van der Waals surface area contributed by atoms with E-state index in [2.05, 4.69) is 20.8 Å². The largest absolute Gasteiger partial charge is 0.328 e. The topological polar surface area (TPSA) is 52.0 Å². The van der Waals surface area contributed by atoms with Crippen molar-refractivity contribution in [3.05, 3.63) is 0 Å². The maximum Gasteiger partial charge on any atom is 0.00723 e. The molecular weight excluding hydrogens is 220 g/mol. The molecule has 0 heterocycles. The maximum absolute atomic E-state index is 6.42. The lowest BCUT2D eigenvalue weighted by molar-refractivity contribution is 0.121. The zero-order valence-electron chi connectivity index (χ0n) is 12.4. The van der Waals surface area contributed by atoms with Crippen LogP contribution in [0, 0.1) is 29.6 Å². The molecule has 2 aliphatic carbocycles. The summed E-state index contributed by atoms with van der Waals surface area (Å²) in [5.41, 5.74) is 12.6.